The Morgan fingerprint density at radius 3 is 2.62 bits per heavy atom. The van der Waals surface area contributed by atoms with Gasteiger partial charge in [-0.1, -0.05) is 12.1 Å². The Kier molecular flexibility index (Phi) is 4.13. The van der Waals surface area contributed by atoms with Crippen molar-refractivity contribution < 1.29 is 14.7 Å². The second-order valence-electron chi connectivity index (χ2n) is 6.55. The van der Waals surface area contributed by atoms with Crippen LogP contribution in [0.2, 0.25) is 0 Å². The molecule has 1 aliphatic carbocycles. The van der Waals surface area contributed by atoms with Crippen molar-refractivity contribution in [2.24, 2.45) is 5.41 Å². The Bertz CT molecular complexity index is 791. The number of benzene rings is 1. The van der Waals surface area contributed by atoms with E-state index in [0.717, 1.165) is 17.0 Å². The Balaban J connectivity index is 1.67. The minimum Gasteiger partial charge on any atom is -0.481 e. The first-order valence-corrected chi connectivity index (χ1v) is 8.01. The molecule has 0 bridgehead atoms. The molecular weight excluding hydrogens is 306 g/mol. The van der Waals surface area contributed by atoms with Crippen LogP contribution in [-0.4, -0.2) is 33.3 Å². The highest BCUT2D eigenvalue weighted by Gasteiger charge is 2.50. The van der Waals surface area contributed by atoms with Gasteiger partial charge >= 0.3 is 5.97 Å². The van der Waals surface area contributed by atoms with Crippen molar-refractivity contribution in [3.8, 4) is 0 Å². The van der Waals surface area contributed by atoms with Gasteiger partial charge in [-0.05, 0) is 50.5 Å². The second-order valence-corrected chi connectivity index (χ2v) is 6.55. The molecule has 1 fully saturated rings. The van der Waals surface area contributed by atoms with E-state index >= 15 is 0 Å². The third-order valence-electron chi connectivity index (χ3n) is 4.52. The van der Waals surface area contributed by atoms with E-state index in [9.17, 15) is 9.59 Å². The van der Waals surface area contributed by atoms with Crippen LogP contribution in [-0.2, 0) is 11.3 Å². The summed E-state index contributed by atoms with van der Waals surface area (Å²) in [5.74, 6) is -1.07. The molecule has 2 aromatic rings. The fourth-order valence-corrected chi connectivity index (χ4v) is 2.79. The Hall–Kier alpha value is -2.63. The number of rotatable bonds is 6. The third kappa shape index (κ3) is 3.32. The molecule has 2 N–H and O–H groups in total. The summed E-state index contributed by atoms with van der Waals surface area (Å²) in [5, 5.41) is 16.3. The number of aromatic nitrogens is 2. The van der Waals surface area contributed by atoms with Crippen LogP contribution >= 0.6 is 0 Å². The van der Waals surface area contributed by atoms with Gasteiger partial charge in [-0.3, -0.25) is 14.3 Å². The Labute approximate surface area is 140 Å². The zero-order chi connectivity index (χ0) is 17.3. The van der Waals surface area contributed by atoms with Crippen molar-refractivity contribution in [3.05, 3.63) is 52.8 Å². The number of aryl methyl sites for hydroxylation is 2. The van der Waals surface area contributed by atoms with Crippen LogP contribution in [0.25, 0.3) is 0 Å². The average molecular weight is 327 g/mol. The number of nitrogens with one attached hydrogen (secondary N) is 1. The number of hydrogen-bond donors (Lipinski definition) is 2. The van der Waals surface area contributed by atoms with Gasteiger partial charge in [0.15, 0.2) is 0 Å². The van der Waals surface area contributed by atoms with Crippen molar-refractivity contribution in [1.29, 1.82) is 0 Å². The number of carbonyl (C=O) groups excluding carboxylic acids is 1. The van der Waals surface area contributed by atoms with Gasteiger partial charge < -0.3 is 10.4 Å². The van der Waals surface area contributed by atoms with Crippen LogP contribution in [0.1, 0.15) is 40.2 Å². The number of nitrogens with zero attached hydrogens (tertiary/aromatic N) is 2. The molecule has 0 saturated heterocycles. The fourth-order valence-electron chi connectivity index (χ4n) is 2.79. The highest BCUT2D eigenvalue weighted by atomic mass is 16.4. The lowest BCUT2D eigenvalue weighted by Gasteiger charge is -2.12. The average Bonchev–Trinajstić information content (AvgIpc) is 3.27. The summed E-state index contributed by atoms with van der Waals surface area (Å²) in [6.07, 6.45) is 1.25. The number of hydrogen-bond acceptors (Lipinski definition) is 3. The molecule has 1 saturated carbocycles. The van der Waals surface area contributed by atoms with E-state index < -0.39 is 11.4 Å². The summed E-state index contributed by atoms with van der Waals surface area (Å²) in [6, 6.07) is 9.36. The van der Waals surface area contributed by atoms with Gasteiger partial charge in [0.05, 0.1) is 17.7 Å². The van der Waals surface area contributed by atoms with Crippen molar-refractivity contribution in [2.75, 3.05) is 6.54 Å². The zero-order valence-electron chi connectivity index (χ0n) is 13.9. The number of amides is 1. The largest absolute Gasteiger partial charge is 0.481 e. The van der Waals surface area contributed by atoms with E-state index in [1.54, 1.807) is 6.07 Å². The number of carboxylic acid groups (broad SMARTS) is 1. The van der Waals surface area contributed by atoms with Crippen molar-refractivity contribution in [2.45, 2.75) is 33.2 Å². The highest BCUT2D eigenvalue weighted by molar-refractivity contribution is 5.94. The fraction of sp³-hybridized carbons (Fsp3) is 0.389. The summed E-state index contributed by atoms with van der Waals surface area (Å²) in [7, 11) is 0. The maximum Gasteiger partial charge on any atom is 0.311 e. The molecule has 0 unspecified atom stereocenters. The Morgan fingerprint density at radius 2 is 2.04 bits per heavy atom. The molecule has 24 heavy (non-hydrogen) atoms. The topological polar surface area (TPSA) is 84.2 Å². The zero-order valence-corrected chi connectivity index (χ0v) is 13.9. The van der Waals surface area contributed by atoms with E-state index in [-0.39, 0.29) is 12.5 Å². The monoisotopic (exact) mass is 327 g/mol. The molecule has 1 aromatic carbocycles. The minimum atomic E-state index is -0.832. The third-order valence-corrected chi connectivity index (χ3v) is 4.52. The van der Waals surface area contributed by atoms with Gasteiger partial charge in [0, 0.05) is 17.8 Å². The van der Waals surface area contributed by atoms with E-state index in [4.69, 9.17) is 5.11 Å². The molecule has 1 heterocycles. The lowest BCUT2D eigenvalue weighted by Crippen LogP contribution is -2.34. The maximum atomic E-state index is 12.3. The van der Waals surface area contributed by atoms with Crippen LogP contribution in [0, 0.1) is 19.3 Å². The number of carbonyl (C=O) groups is 2. The molecule has 0 spiro atoms. The predicted octanol–water partition coefficient (Wildman–Crippen LogP) is 2.14. The maximum absolute atomic E-state index is 12.3. The lowest BCUT2D eigenvalue weighted by atomic mass is 10.1. The van der Waals surface area contributed by atoms with E-state index in [1.807, 2.05) is 42.8 Å². The van der Waals surface area contributed by atoms with E-state index in [0.29, 0.717) is 24.9 Å². The van der Waals surface area contributed by atoms with E-state index in [2.05, 4.69) is 10.4 Å². The molecule has 1 aromatic heterocycles. The highest BCUT2D eigenvalue weighted by Crippen LogP contribution is 2.45. The Morgan fingerprint density at radius 1 is 1.29 bits per heavy atom. The van der Waals surface area contributed by atoms with Crippen molar-refractivity contribution >= 4 is 11.9 Å². The normalized spacial score (nSPS) is 15.1. The molecule has 6 heteroatoms. The van der Waals surface area contributed by atoms with E-state index in [1.165, 1.54) is 0 Å². The molecule has 1 aliphatic rings. The van der Waals surface area contributed by atoms with Crippen LogP contribution in [0.5, 0.6) is 0 Å². The second kappa shape index (κ2) is 6.11. The molecule has 0 aliphatic heterocycles. The molecule has 0 atom stereocenters. The van der Waals surface area contributed by atoms with Crippen LogP contribution in [0.4, 0.5) is 0 Å². The first kappa shape index (κ1) is 16.2. The van der Waals surface area contributed by atoms with Crippen LogP contribution < -0.4 is 5.32 Å². The summed E-state index contributed by atoms with van der Waals surface area (Å²) in [6.45, 7) is 4.73. The SMILES string of the molecule is Cc1cc(C)n(Cc2cccc(C(=O)NCC3(C(=O)O)CC3)c2)n1. The molecular formula is C18H21N3O3. The molecule has 0 radical (unpaired) electrons. The summed E-state index contributed by atoms with van der Waals surface area (Å²) < 4.78 is 1.90. The van der Waals surface area contributed by atoms with Crippen molar-refractivity contribution in [1.82, 2.24) is 15.1 Å². The van der Waals surface area contributed by atoms with Crippen molar-refractivity contribution in [3.63, 3.8) is 0 Å². The summed E-state index contributed by atoms with van der Waals surface area (Å²) >= 11 is 0. The minimum absolute atomic E-state index is 0.183. The van der Waals surface area contributed by atoms with Gasteiger partial charge in [0.25, 0.3) is 5.91 Å². The standard InChI is InChI=1S/C18H21N3O3/c1-12-8-13(2)21(20-12)10-14-4-3-5-15(9-14)16(22)19-11-18(6-7-18)17(23)24/h3-5,8-9H,6-7,10-11H2,1-2H3,(H,19,22)(H,23,24). The predicted molar refractivity (Wildman–Crippen MR) is 88.9 cm³/mol. The van der Waals surface area contributed by atoms with Crippen LogP contribution in [0.3, 0.4) is 0 Å². The first-order chi connectivity index (χ1) is 11.4. The molecule has 6 nitrogen and oxygen atoms in total. The molecule has 3 rings (SSSR count). The lowest BCUT2D eigenvalue weighted by molar-refractivity contribution is -0.143. The number of aliphatic carboxylic acids is 1. The molecule has 1 amide bonds. The van der Waals surface area contributed by atoms with Gasteiger partial charge in [-0.15, -0.1) is 0 Å². The quantitative estimate of drug-likeness (QED) is 0.851. The summed E-state index contributed by atoms with van der Waals surface area (Å²) in [4.78, 5) is 23.5. The molecule has 126 valence electrons. The smallest absolute Gasteiger partial charge is 0.311 e. The van der Waals surface area contributed by atoms with Gasteiger partial charge in [0.1, 0.15) is 0 Å². The van der Waals surface area contributed by atoms with Crippen LogP contribution in [0.15, 0.2) is 30.3 Å². The van der Waals surface area contributed by atoms with Gasteiger partial charge in [0.2, 0.25) is 0 Å². The van der Waals surface area contributed by atoms with Gasteiger partial charge in [-0.25, -0.2) is 0 Å². The number of carboxylic acids is 1. The summed E-state index contributed by atoms with van der Waals surface area (Å²) in [5.41, 5.74) is 2.80. The van der Waals surface area contributed by atoms with Gasteiger partial charge in [-0.2, -0.15) is 5.10 Å². The first-order valence-electron chi connectivity index (χ1n) is 8.01.